The first-order valence-electron chi connectivity index (χ1n) is 11.5. The molecule has 14 heteroatoms. The zero-order chi connectivity index (χ0) is 27.2. The molecule has 1 fully saturated rings. The third kappa shape index (κ3) is 5.45. The standard InChI is InChI=1S/C24H22ClF3N6O3S/c1-12-3-14(15-4-20(25)30-6-18(15)37-2)16(5-29-12)21(35)32-23-31-17-9-34(10-19(17)38-23)22(36)13-7-33(8-13)11-24(26,27)28/h3-6,13H,7-11H2,1-2H3,(H,31,32,35). The van der Waals surface area contributed by atoms with Crippen molar-refractivity contribution < 1.29 is 27.5 Å². The lowest BCUT2D eigenvalue weighted by Crippen LogP contribution is -2.55. The van der Waals surface area contributed by atoms with Crippen molar-refractivity contribution in [3.05, 3.63) is 51.5 Å². The molecule has 5 heterocycles. The Hall–Kier alpha value is -3.29. The van der Waals surface area contributed by atoms with Crippen LogP contribution in [-0.2, 0) is 17.9 Å². The fraction of sp³-hybridized carbons (Fsp3) is 0.375. The summed E-state index contributed by atoms with van der Waals surface area (Å²) in [6, 6.07) is 3.37. The minimum absolute atomic E-state index is 0.0949. The molecule has 5 rings (SSSR count). The quantitative estimate of drug-likeness (QED) is 0.447. The predicted octanol–water partition coefficient (Wildman–Crippen LogP) is 4.16. The van der Waals surface area contributed by atoms with Crippen LogP contribution < -0.4 is 10.1 Å². The Labute approximate surface area is 224 Å². The number of hydrogen-bond donors (Lipinski definition) is 1. The smallest absolute Gasteiger partial charge is 0.401 e. The third-order valence-electron chi connectivity index (χ3n) is 6.32. The highest BCUT2D eigenvalue weighted by atomic mass is 35.5. The number of thiazole rings is 1. The minimum Gasteiger partial charge on any atom is -0.494 e. The molecule has 38 heavy (non-hydrogen) atoms. The largest absolute Gasteiger partial charge is 0.494 e. The van der Waals surface area contributed by atoms with Crippen LogP contribution >= 0.6 is 22.9 Å². The summed E-state index contributed by atoms with van der Waals surface area (Å²) >= 11 is 7.35. The molecule has 3 aromatic rings. The molecule has 2 aliphatic rings. The van der Waals surface area contributed by atoms with Gasteiger partial charge in [0, 0.05) is 36.1 Å². The Bertz CT molecular complexity index is 1390. The van der Waals surface area contributed by atoms with E-state index >= 15 is 0 Å². The van der Waals surface area contributed by atoms with Crippen molar-refractivity contribution >= 4 is 39.9 Å². The van der Waals surface area contributed by atoms with E-state index in [9.17, 15) is 22.8 Å². The first kappa shape index (κ1) is 26.3. The van der Waals surface area contributed by atoms with Crippen LogP contribution in [0.1, 0.15) is 26.6 Å². The average molecular weight is 567 g/mol. The fourth-order valence-electron chi connectivity index (χ4n) is 4.54. The van der Waals surface area contributed by atoms with Crippen molar-refractivity contribution in [1.82, 2.24) is 24.8 Å². The third-order valence-corrected chi connectivity index (χ3v) is 7.53. The van der Waals surface area contributed by atoms with E-state index in [0.717, 1.165) is 4.88 Å². The van der Waals surface area contributed by atoms with E-state index in [1.54, 1.807) is 24.0 Å². The van der Waals surface area contributed by atoms with Crippen LogP contribution in [0.25, 0.3) is 11.1 Å². The molecule has 3 aromatic heterocycles. The van der Waals surface area contributed by atoms with E-state index in [-0.39, 0.29) is 36.3 Å². The summed E-state index contributed by atoms with van der Waals surface area (Å²) in [6.07, 6.45) is -1.33. The first-order chi connectivity index (χ1) is 18.0. The van der Waals surface area contributed by atoms with Gasteiger partial charge in [0.2, 0.25) is 5.91 Å². The van der Waals surface area contributed by atoms with Gasteiger partial charge in [-0.3, -0.25) is 24.8 Å². The number of aromatic nitrogens is 3. The van der Waals surface area contributed by atoms with E-state index in [0.29, 0.717) is 39.9 Å². The van der Waals surface area contributed by atoms with Gasteiger partial charge in [0.15, 0.2) is 5.13 Å². The van der Waals surface area contributed by atoms with Crippen LogP contribution in [0.4, 0.5) is 18.3 Å². The monoisotopic (exact) mass is 566 g/mol. The van der Waals surface area contributed by atoms with Gasteiger partial charge in [-0.2, -0.15) is 13.2 Å². The summed E-state index contributed by atoms with van der Waals surface area (Å²) in [7, 11) is 1.50. The van der Waals surface area contributed by atoms with Gasteiger partial charge >= 0.3 is 6.18 Å². The van der Waals surface area contributed by atoms with Gasteiger partial charge in [0.05, 0.1) is 55.0 Å². The zero-order valence-electron chi connectivity index (χ0n) is 20.3. The first-order valence-corrected chi connectivity index (χ1v) is 12.7. The molecule has 0 saturated carbocycles. The lowest BCUT2D eigenvalue weighted by atomic mass is 9.98. The number of methoxy groups -OCH3 is 1. The number of aryl methyl sites for hydroxylation is 1. The van der Waals surface area contributed by atoms with Gasteiger partial charge in [0.25, 0.3) is 5.91 Å². The molecule has 2 aliphatic heterocycles. The molecule has 1 N–H and O–H groups in total. The van der Waals surface area contributed by atoms with Crippen molar-refractivity contribution in [3.63, 3.8) is 0 Å². The molecular formula is C24H22ClF3N6O3S. The minimum atomic E-state index is -4.27. The molecule has 0 aromatic carbocycles. The second-order valence-electron chi connectivity index (χ2n) is 9.12. The van der Waals surface area contributed by atoms with E-state index in [1.165, 1.54) is 35.7 Å². The number of amides is 2. The summed E-state index contributed by atoms with van der Waals surface area (Å²) < 4.78 is 43.0. The molecule has 2 amide bonds. The lowest BCUT2D eigenvalue weighted by molar-refractivity contribution is -0.166. The number of carbonyl (C=O) groups is 2. The molecule has 9 nitrogen and oxygen atoms in total. The molecule has 200 valence electrons. The maximum Gasteiger partial charge on any atom is 0.401 e. The predicted molar refractivity (Wildman–Crippen MR) is 134 cm³/mol. The van der Waals surface area contributed by atoms with Crippen LogP contribution in [0.5, 0.6) is 5.75 Å². The number of fused-ring (bicyclic) bond motifs is 1. The lowest BCUT2D eigenvalue weighted by Gasteiger charge is -2.40. The number of nitrogens with zero attached hydrogens (tertiary/aromatic N) is 5. The van der Waals surface area contributed by atoms with Crippen molar-refractivity contribution in [3.8, 4) is 16.9 Å². The number of likely N-dealkylation sites (tertiary alicyclic amines) is 1. The summed E-state index contributed by atoms with van der Waals surface area (Å²) in [4.78, 5) is 42.4. The number of halogens is 4. The highest BCUT2D eigenvalue weighted by Gasteiger charge is 2.42. The van der Waals surface area contributed by atoms with E-state index in [2.05, 4.69) is 20.3 Å². The summed E-state index contributed by atoms with van der Waals surface area (Å²) in [5.41, 5.74) is 2.80. The number of nitrogens with one attached hydrogen (secondary N) is 1. The maximum absolute atomic E-state index is 13.2. The molecule has 0 spiro atoms. The number of rotatable bonds is 6. The highest BCUT2D eigenvalue weighted by Crippen LogP contribution is 2.36. The average Bonchev–Trinajstić information content (AvgIpc) is 3.38. The Morgan fingerprint density at radius 2 is 1.95 bits per heavy atom. The number of hydrogen-bond acceptors (Lipinski definition) is 8. The van der Waals surface area contributed by atoms with Crippen LogP contribution in [0.2, 0.25) is 5.15 Å². The maximum atomic E-state index is 13.2. The second kappa shape index (κ2) is 10.1. The molecular weight excluding hydrogens is 545 g/mol. The van der Waals surface area contributed by atoms with Crippen LogP contribution in [0.3, 0.4) is 0 Å². The Morgan fingerprint density at radius 1 is 1.18 bits per heavy atom. The summed E-state index contributed by atoms with van der Waals surface area (Å²) in [6.45, 7) is 1.54. The van der Waals surface area contributed by atoms with Crippen LogP contribution in [-0.4, -0.2) is 69.5 Å². The number of ether oxygens (including phenoxy) is 1. The van der Waals surface area contributed by atoms with Gasteiger partial charge in [-0.25, -0.2) is 9.97 Å². The molecule has 0 unspecified atom stereocenters. The topological polar surface area (TPSA) is 101 Å². The van der Waals surface area contributed by atoms with Gasteiger partial charge in [-0.05, 0) is 19.1 Å². The van der Waals surface area contributed by atoms with E-state index in [1.807, 2.05) is 0 Å². The van der Waals surface area contributed by atoms with E-state index < -0.39 is 24.5 Å². The number of pyridine rings is 2. The van der Waals surface area contributed by atoms with Crippen molar-refractivity contribution in [1.29, 1.82) is 0 Å². The molecule has 0 bridgehead atoms. The zero-order valence-corrected chi connectivity index (χ0v) is 21.9. The summed E-state index contributed by atoms with van der Waals surface area (Å²) in [5.74, 6) is -0.613. The number of anilines is 1. The second-order valence-corrected chi connectivity index (χ2v) is 10.6. The fourth-order valence-corrected chi connectivity index (χ4v) is 5.67. The highest BCUT2D eigenvalue weighted by molar-refractivity contribution is 7.16. The number of carbonyl (C=O) groups excluding carboxylic acids is 2. The van der Waals surface area contributed by atoms with E-state index in [4.69, 9.17) is 16.3 Å². The van der Waals surface area contributed by atoms with Gasteiger partial charge < -0.3 is 9.64 Å². The van der Waals surface area contributed by atoms with Crippen LogP contribution in [0.15, 0.2) is 24.5 Å². The van der Waals surface area contributed by atoms with Gasteiger partial charge in [-0.15, -0.1) is 0 Å². The van der Waals surface area contributed by atoms with Crippen molar-refractivity contribution in [2.24, 2.45) is 5.92 Å². The van der Waals surface area contributed by atoms with Gasteiger partial charge in [-0.1, -0.05) is 22.9 Å². The number of alkyl halides is 3. The van der Waals surface area contributed by atoms with Gasteiger partial charge in [0.1, 0.15) is 10.9 Å². The Balaban J connectivity index is 1.26. The molecule has 0 aliphatic carbocycles. The molecule has 0 radical (unpaired) electrons. The Morgan fingerprint density at radius 3 is 2.63 bits per heavy atom. The van der Waals surface area contributed by atoms with Crippen LogP contribution in [0, 0.1) is 12.8 Å². The van der Waals surface area contributed by atoms with Crippen molar-refractivity contribution in [2.45, 2.75) is 26.2 Å². The summed E-state index contributed by atoms with van der Waals surface area (Å²) in [5, 5.41) is 3.42. The SMILES string of the molecule is COc1cnc(Cl)cc1-c1cc(C)ncc1C(=O)Nc1nc2c(s1)CN(C(=O)C1CN(CC(F)(F)F)C1)C2. The Kier molecular flexibility index (Phi) is 7.01. The van der Waals surface area contributed by atoms with Crippen molar-refractivity contribution in [2.75, 3.05) is 32.1 Å². The normalized spacial score (nSPS) is 15.8. The molecule has 0 atom stereocenters. The molecule has 1 saturated heterocycles.